The minimum Gasteiger partial charge on any atom is -0.748 e. The van der Waals surface area contributed by atoms with Gasteiger partial charge in [0.1, 0.15) is 0 Å². The molecule has 0 radical (unpaired) electrons. The molecule has 7 nitrogen and oxygen atoms in total. The van der Waals surface area contributed by atoms with Crippen molar-refractivity contribution in [3.8, 4) is 0 Å². The van der Waals surface area contributed by atoms with Crippen LogP contribution in [0.15, 0.2) is 0 Å². The summed E-state index contributed by atoms with van der Waals surface area (Å²) in [5.74, 6) is 2.47. The van der Waals surface area contributed by atoms with E-state index < -0.39 is 15.9 Å². The fourth-order valence-corrected chi connectivity index (χ4v) is 9.94. The van der Waals surface area contributed by atoms with E-state index in [1.807, 2.05) is 0 Å². The zero-order valence-corrected chi connectivity index (χ0v) is 25.7. The van der Waals surface area contributed by atoms with E-state index in [1.165, 1.54) is 12.8 Å². The number of rotatable bonds is 7. The average Bonchev–Trinajstić information content (AvgIpc) is 3.12. The summed E-state index contributed by atoms with van der Waals surface area (Å²) in [5, 5.41) is 24.7. The minimum atomic E-state index is -4.32. The summed E-state index contributed by atoms with van der Waals surface area (Å²) in [6.07, 6.45) is 7.68. The Balaban J connectivity index is 0.00000361. The molecule has 1 amide bonds. The van der Waals surface area contributed by atoms with Crippen molar-refractivity contribution in [3.63, 3.8) is 0 Å². The Kier molecular flexibility index (Phi) is 9.78. The van der Waals surface area contributed by atoms with Crippen LogP contribution in [0.1, 0.15) is 85.5 Å². The molecule has 36 heavy (non-hydrogen) atoms. The van der Waals surface area contributed by atoms with Crippen LogP contribution in [0.4, 0.5) is 0 Å². The van der Waals surface area contributed by atoms with Crippen LogP contribution in [0, 0.1) is 52.3 Å². The number of aliphatic hydroxyl groups excluding tert-OH is 2. The van der Waals surface area contributed by atoms with Crippen LogP contribution in [0.5, 0.6) is 0 Å². The summed E-state index contributed by atoms with van der Waals surface area (Å²) in [4.78, 5) is 12.2. The molecule has 0 aromatic carbocycles. The number of hydrogen-bond donors (Lipinski definition) is 3. The smallest absolute Gasteiger partial charge is 0.748 e. The van der Waals surface area contributed by atoms with Crippen LogP contribution in [0.25, 0.3) is 0 Å². The first-order chi connectivity index (χ1) is 16.3. The van der Waals surface area contributed by atoms with E-state index >= 15 is 0 Å². The molecule has 0 bridgehead atoms. The van der Waals surface area contributed by atoms with Crippen LogP contribution in [0.3, 0.4) is 0 Å². The van der Waals surface area contributed by atoms with Crippen LogP contribution in [-0.4, -0.2) is 53.6 Å². The third kappa shape index (κ3) is 5.62. The number of nitrogens with one attached hydrogen (secondary N) is 1. The van der Waals surface area contributed by atoms with Gasteiger partial charge in [0.25, 0.3) is 0 Å². The summed E-state index contributed by atoms with van der Waals surface area (Å²) < 4.78 is 32.2. The van der Waals surface area contributed by atoms with E-state index in [0.717, 1.165) is 32.1 Å². The van der Waals surface area contributed by atoms with Gasteiger partial charge in [0, 0.05) is 13.0 Å². The maximum absolute atomic E-state index is 12.2. The molecular weight excluding hydrogens is 489 g/mol. The molecule has 0 saturated heterocycles. The first kappa shape index (κ1) is 30.8. The van der Waals surface area contributed by atoms with Crippen molar-refractivity contribution in [1.29, 1.82) is 0 Å². The second kappa shape index (κ2) is 11.4. The van der Waals surface area contributed by atoms with Gasteiger partial charge in [-0.15, -0.1) is 0 Å². The molecule has 4 fully saturated rings. The molecule has 11 atom stereocenters. The fraction of sp³-hybridized carbons (Fsp3) is 0.963. The molecule has 4 aliphatic carbocycles. The van der Waals surface area contributed by atoms with Crippen LogP contribution in [-0.2, 0) is 14.9 Å². The largest absolute Gasteiger partial charge is 1.00 e. The first-order valence-electron chi connectivity index (χ1n) is 13.8. The molecule has 202 valence electrons. The third-order valence-electron chi connectivity index (χ3n) is 11.6. The Morgan fingerprint density at radius 3 is 2.42 bits per heavy atom. The maximum Gasteiger partial charge on any atom is 1.00 e. The molecule has 3 N–H and O–H groups in total. The van der Waals surface area contributed by atoms with Gasteiger partial charge in [-0.3, -0.25) is 4.79 Å². The Labute approximate surface area is 240 Å². The Hall–Kier alpha value is 0.300. The second-order valence-electron chi connectivity index (χ2n) is 13.0. The number of fused-ring (bicyclic) bond motifs is 5. The number of amides is 1. The van der Waals surface area contributed by atoms with E-state index in [2.05, 4.69) is 33.0 Å². The molecule has 4 rings (SSSR count). The zero-order chi connectivity index (χ0) is 25.8. The summed E-state index contributed by atoms with van der Waals surface area (Å²) in [7, 11) is -4.32. The SMILES string of the molecule is CC(CCC(=O)NCCS(=O)(=O)[O-])C1CCC2C3CCC4CC(O)CC(C)[C@]4(C)C3CC(O)[C@]12C.[Na+]. The summed E-state index contributed by atoms with van der Waals surface area (Å²) >= 11 is 0. The van der Waals surface area contributed by atoms with Crippen LogP contribution < -0.4 is 34.9 Å². The number of carbonyl (C=O) groups is 1. The minimum absolute atomic E-state index is 0. The number of aliphatic hydroxyl groups is 2. The number of hydrogen-bond acceptors (Lipinski definition) is 6. The summed E-state index contributed by atoms with van der Waals surface area (Å²) in [5.41, 5.74) is 0.0398. The molecule has 0 aliphatic heterocycles. The zero-order valence-electron chi connectivity index (χ0n) is 22.9. The van der Waals surface area contributed by atoms with Crippen molar-refractivity contribution in [1.82, 2.24) is 5.32 Å². The third-order valence-corrected chi connectivity index (χ3v) is 12.3. The van der Waals surface area contributed by atoms with Crippen molar-refractivity contribution >= 4 is 16.0 Å². The van der Waals surface area contributed by atoms with Gasteiger partial charge >= 0.3 is 29.6 Å². The van der Waals surface area contributed by atoms with E-state index in [-0.39, 0.29) is 71.0 Å². The molecule has 0 spiro atoms. The van der Waals surface area contributed by atoms with Crippen molar-refractivity contribution in [2.24, 2.45) is 52.3 Å². The van der Waals surface area contributed by atoms with Gasteiger partial charge in [-0.25, -0.2) is 8.42 Å². The fourth-order valence-electron chi connectivity index (χ4n) is 9.59. The molecule has 9 heteroatoms. The van der Waals surface area contributed by atoms with Crippen LogP contribution in [0.2, 0.25) is 0 Å². The average molecular weight is 536 g/mol. The Morgan fingerprint density at radius 2 is 1.75 bits per heavy atom. The van der Waals surface area contributed by atoms with Gasteiger partial charge in [0.15, 0.2) is 0 Å². The van der Waals surface area contributed by atoms with Gasteiger partial charge in [-0.1, -0.05) is 27.7 Å². The molecule has 0 aromatic heterocycles. The van der Waals surface area contributed by atoms with Crippen molar-refractivity contribution in [3.05, 3.63) is 0 Å². The van der Waals surface area contributed by atoms with E-state index in [9.17, 15) is 28.0 Å². The monoisotopic (exact) mass is 535 g/mol. The Morgan fingerprint density at radius 1 is 1.06 bits per heavy atom. The van der Waals surface area contributed by atoms with Gasteiger partial charge in [-0.05, 0) is 104 Å². The summed E-state index contributed by atoms with van der Waals surface area (Å²) in [6, 6.07) is 0. The second-order valence-corrected chi connectivity index (χ2v) is 14.5. The standard InChI is InChI=1S/C27H47NO6S.Na/c1-16(5-10-25(31)28-11-12-35(32,33)34)21-8-9-22-20-7-6-18-14-19(29)13-17(2)26(18,3)23(20)15-24(30)27(21,22)4;/h16-24,29-30H,5-15H2,1-4H3,(H,28,31)(H,32,33,34);/q;+1/p-1/t16?,17?,18?,19?,20?,21?,22?,23?,24?,26-,27+;/m0./s1. The maximum atomic E-state index is 12.2. The predicted octanol–water partition coefficient (Wildman–Crippen LogP) is 0.305. The topological polar surface area (TPSA) is 127 Å². The van der Waals surface area contributed by atoms with Gasteiger partial charge in [-0.2, -0.15) is 0 Å². The summed E-state index contributed by atoms with van der Waals surface area (Å²) in [6.45, 7) is 9.12. The Bertz CT molecular complexity index is 901. The van der Waals surface area contributed by atoms with Gasteiger partial charge in [0.05, 0.1) is 28.1 Å². The van der Waals surface area contributed by atoms with E-state index in [4.69, 9.17) is 0 Å². The van der Waals surface area contributed by atoms with Crippen molar-refractivity contribution in [2.45, 2.75) is 97.7 Å². The van der Waals surface area contributed by atoms with Crippen molar-refractivity contribution < 1.29 is 57.5 Å². The van der Waals surface area contributed by atoms with E-state index in [1.54, 1.807) is 0 Å². The predicted molar refractivity (Wildman–Crippen MR) is 133 cm³/mol. The molecule has 9 unspecified atom stereocenters. The van der Waals surface area contributed by atoms with E-state index in [0.29, 0.717) is 48.3 Å². The normalized spacial score (nSPS) is 45.0. The molecule has 0 heterocycles. The quantitative estimate of drug-likeness (QED) is 0.318. The molecule has 4 saturated carbocycles. The molecule has 4 aliphatic rings. The molecular formula is C27H46NNaO6S. The molecule has 0 aromatic rings. The van der Waals surface area contributed by atoms with Crippen LogP contribution >= 0.6 is 0 Å². The first-order valence-corrected chi connectivity index (χ1v) is 15.4. The van der Waals surface area contributed by atoms with Gasteiger partial charge < -0.3 is 20.1 Å². The number of carbonyl (C=O) groups excluding carboxylic acids is 1. The van der Waals surface area contributed by atoms with Crippen molar-refractivity contribution in [2.75, 3.05) is 12.3 Å². The van der Waals surface area contributed by atoms with Gasteiger partial charge in [0.2, 0.25) is 5.91 Å².